The molecule has 5 heteroatoms. The molecule has 0 spiro atoms. The molecule has 0 unspecified atom stereocenters. The summed E-state index contributed by atoms with van der Waals surface area (Å²) in [6, 6.07) is 5.51. The van der Waals surface area contributed by atoms with Gasteiger partial charge in [-0.1, -0.05) is 13.8 Å². The molecule has 0 aromatic heterocycles. The zero-order valence-corrected chi connectivity index (χ0v) is 12.9. The van der Waals surface area contributed by atoms with E-state index in [2.05, 4.69) is 47.4 Å². The van der Waals surface area contributed by atoms with Gasteiger partial charge in [0.25, 0.3) is 0 Å². The number of nitrogens with two attached hydrogens (primary N) is 1. The van der Waals surface area contributed by atoms with Crippen LogP contribution in [0, 0.1) is 14.9 Å². The van der Waals surface area contributed by atoms with E-state index < -0.39 is 0 Å². The molecule has 1 aromatic rings. The Morgan fingerprint density at radius 1 is 1.39 bits per heavy atom. The summed E-state index contributed by atoms with van der Waals surface area (Å²) in [6.45, 7) is 7.77. The van der Waals surface area contributed by atoms with Crippen molar-refractivity contribution in [2.45, 2.75) is 13.8 Å². The van der Waals surface area contributed by atoms with Crippen LogP contribution in [0.5, 0.6) is 5.75 Å². The number of ether oxygens (including phenoxy) is 1. The molecule has 98 valence electrons. The van der Waals surface area contributed by atoms with Crippen LogP contribution in [-0.4, -0.2) is 31.1 Å². The Morgan fingerprint density at radius 3 is 2.56 bits per heavy atom. The first-order chi connectivity index (χ1) is 8.62. The van der Waals surface area contributed by atoms with Crippen LogP contribution >= 0.6 is 22.6 Å². The van der Waals surface area contributed by atoms with Gasteiger partial charge in [0.1, 0.15) is 6.61 Å². The lowest BCUT2D eigenvalue weighted by Gasteiger charge is -2.19. The van der Waals surface area contributed by atoms with Gasteiger partial charge in [-0.2, -0.15) is 5.26 Å². The first-order valence-electron chi connectivity index (χ1n) is 5.96. The van der Waals surface area contributed by atoms with Crippen LogP contribution < -0.4 is 10.5 Å². The molecule has 0 aliphatic carbocycles. The second kappa shape index (κ2) is 7.44. The molecule has 0 heterocycles. The average molecular weight is 359 g/mol. The maximum atomic E-state index is 8.83. The lowest BCUT2D eigenvalue weighted by atomic mass is 10.2. The largest absolute Gasteiger partial charge is 0.489 e. The van der Waals surface area contributed by atoms with Gasteiger partial charge in [-0.3, -0.25) is 0 Å². The summed E-state index contributed by atoms with van der Waals surface area (Å²) in [4.78, 5) is 2.28. The van der Waals surface area contributed by atoms with Crippen LogP contribution in [0.4, 0.5) is 5.69 Å². The average Bonchev–Trinajstić information content (AvgIpc) is 2.37. The number of nitrogens with zero attached hydrogens (tertiary/aromatic N) is 2. The van der Waals surface area contributed by atoms with Crippen molar-refractivity contribution in [3.05, 3.63) is 21.3 Å². The second-order valence-corrected chi connectivity index (χ2v) is 5.03. The molecule has 0 saturated heterocycles. The fraction of sp³-hybridized carbons (Fsp3) is 0.462. The second-order valence-electron chi connectivity index (χ2n) is 3.86. The number of likely N-dealkylation sites (N-methyl/N-ethyl adjacent to an activating group) is 1. The predicted octanol–water partition coefficient (Wildman–Crippen LogP) is 2.47. The van der Waals surface area contributed by atoms with Crippen LogP contribution in [-0.2, 0) is 0 Å². The summed E-state index contributed by atoms with van der Waals surface area (Å²) in [7, 11) is 0. The van der Waals surface area contributed by atoms with Crippen molar-refractivity contribution in [2.75, 3.05) is 32.0 Å². The number of nitrogen functional groups attached to an aromatic ring is 1. The topological polar surface area (TPSA) is 62.3 Å². The standard InChI is InChI=1S/C13H18IN3O/c1-3-17(4-2)5-6-18-13-11(14)7-10(9-15)8-12(13)16/h7-8H,3-6,16H2,1-2H3. The minimum absolute atomic E-state index is 0.526. The first kappa shape index (κ1) is 15.1. The lowest BCUT2D eigenvalue weighted by Crippen LogP contribution is -2.28. The van der Waals surface area contributed by atoms with E-state index in [-0.39, 0.29) is 0 Å². The van der Waals surface area contributed by atoms with Crippen molar-refractivity contribution >= 4 is 28.3 Å². The third-order valence-corrected chi connectivity index (χ3v) is 3.55. The molecule has 0 radical (unpaired) electrons. The van der Waals surface area contributed by atoms with E-state index in [0.29, 0.717) is 23.6 Å². The van der Waals surface area contributed by atoms with Crippen LogP contribution in [0.1, 0.15) is 19.4 Å². The van der Waals surface area contributed by atoms with Gasteiger partial charge in [0.15, 0.2) is 5.75 Å². The summed E-state index contributed by atoms with van der Waals surface area (Å²) in [5, 5.41) is 8.83. The highest BCUT2D eigenvalue weighted by Crippen LogP contribution is 2.29. The molecular weight excluding hydrogens is 341 g/mol. The zero-order valence-electron chi connectivity index (χ0n) is 10.7. The monoisotopic (exact) mass is 359 g/mol. The normalized spacial score (nSPS) is 10.4. The van der Waals surface area contributed by atoms with Crippen LogP contribution in [0.2, 0.25) is 0 Å². The van der Waals surface area contributed by atoms with Crippen molar-refractivity contribution in [1.29, 1.82) is 5.26 Å². The van der Waals surface area contributed by atoms with Gasteiger partial charge in [-0.25, -0.2) is 0 Å². The van der Waals surface area contributed by atoms with Gasteiger partial charge >= 0.3 is 0 Å². The van der Waals surface area contributed by atoms with Gasteiger partial charge in [-0.15, -0.1) is 0 Å². The van der Waals surface area contributed by atoms with Gasteiger partial charge in [0, 0.05) is 6.54 Å². The maximum absolute atomic E-state index is 8.83. The summed E-state index contributed by atoms with van der Waals surface area (Å²) in [5.41, 5.74) is 6.97. The molecular formula is C13H18IN3O. The van der Waals surface area contributed by atoms with Gasteiger partial charge in [0.05, 0.1) is 20.9 Å². The maximum Gasteiger partial charge on any atom is 0.155 e. The predicted molar refractivity (Wildman–Crippen MR) is 81.6 cm³/mol. The quantitative estimate of drug-likeness (QED) is 0.626. The van der Waals surface area contributed by atoms with Crippen LogP contribution in [0.15, 0.2) is 12.1 Å². The fourth-order valence-corrected chi connectivity index (χ4v) is 2.45. The third kappa shape index (κ3) is 4.03. The molecule has 0 bridgehead atoms. The minimum atomic E-state index is 0.526. The third-order valence-electron chi connectivity index (χ3n) is 2.75. The Bertz CT molecular complexity index is 415. The molecule has 4 nitrogen and oxygen atoms in total. The Morgan fingerprint density at radius 2 is 2.06 bits per heavy atom. The van der Waals surface area contributed by atoms with Crippen LogP contribution in [0.3, 0.4) is 0 Å². The van der Waals surface area contributed by atoms with Crippen molar-refractivity contribution in [2.24, 2.45) is 0 Å². The molecule has 0 aliphatic heterocycles. The molecule has 1 aromatic carbocycles. The number of rotatable bonds is 6. The Labute approximate surface area is 122 Å². The lowest BCUT2D eigenvalue weighted by molar-refractivity contribution is 0.222. The number of hydrogen-bond donors (Lipinski definition) is 1. The van der Waals surface area contributed by atoms with Crippen molar-refractivity contribution < 1.29 is 4.74 Å². The molecule has 18 heavy (non-hydrogen) atoms. The van der Waals surface area contributed by atoms with E-state index >= 15 is 0 Å². The van der Waals surface area contributed by atoms with E-state index in [1.807, 2.05) is 0 Å². The summed E-state index contributed by atoms with van der Waals surface area (Å²) >= 11 is 2.14. The molecule has 0 atom stereocenters. The Balaban J connectivity index is 2.66. The molecule has 2 N–H and O–H groups in total. The van der Waals surface area contributed by atoms with E-state index in [1.165, 1.54) is 0 Å². The number of hydrogen-bond acceptors (Lipinski definition) is 4. The molecule has 1 rings (SSSR count). The number of halogens is 1. The van der Waals surface area contributed by atoms with E-state index in [4.69, 9.17) is 15.7 Å². The molecule has 0 amide bonds. The summed E-state index contributed by atoms with van der Waals surface area (Å²) < 4.78 is 6.60. The number of nitriles is 1. The molecule has 0 fully saturated rings. The van der Waals surface area contributed by atoms with Crippen molar-refractivity contribution in [3.8, 4) is 11.8 Å². The Kier molecular flexibility index (Phi) is 6.22. The number of benzene rings is 1. The van der Waals surface area contributed by atoms with Crippen molar-refractivity contribution in [3.63, 3.8) is 0 Å². The highest BCUT2D eigenvalue weighted by atomic mass is 127. The van der Waals surface area contributed by atoms with E-state index in [1.54, 1.807) is 12.1 Å². The van der Waals surface area contributed by atoms with E-state index in [9.17, 15) is 0 Å². The van der Waals surface area contributed by atoms with E-state index in [0.717, 1.165) is 23.2 Å². The highest BCUT2D eigenvalue weighted by molar-refractivity contribution is 14.1. The van der Waals surface area contributed by atoms with Gasteiger partial charge in [-0.05, 0) is 47.8 Å². The smallest absolute Gasteiger partial charge is 0.155 e. The fourth-order valence-electron chi connectivity index (χ4n) is 1.65. The first-order valence-corrected chi connectivity index (χ1v) is 7.04. The summed E-state index contributed by atoms with van der Waals surface area (Å²) in [6.07, 6.45) is 0. The van der Waals surface area contributed by atoms with Crippen molar-refractivity contribution in [1.82, 2.24) is 4.90 Å². The summed E-state index contributed by atoms with van der Waals surface area (Å²) in [5.74, 6) is 0.682. The number of anilines is 1. The molecule has 0 aliphatic rings. The SMILES string of the molecule is CCN(CC)CCOc1c(N)cc(C#N)cc1I. The van der Waals surface area contributed by atoms with Gasteiger partial charge < -0.3 is 15.4 Å². The van der Waals surface area contributed by atoms with Gasteiger partial charge in [0.2, 0.25) is 0 Å². The highest BCUT2D eigenvalue weighted by Gasteiger charge is 2.09. The minimum Gasteiger partial charge on any atom is -0.489 e. The van der Waals surface area contributed by atoms with Crippen LogP contribution in [0.25, 0.3) is 0 Å². The zero-order chi connectivity index (χ0) is 13.5. The molecule has 0 saturated carbocycles. The Hall–Kier alpha value is -1.00.